The van der Waals surface area contributed by atoms with Gasteiger partial charge in [0.1, 0.15) is 11.5 Å². The smallest absolute Gasteiger partial charge is 0.262 e. The molecule has 0 spiro atoms. The lowest BCUT2D eigenvalue weighted by Gasteiger charge is -2.11. The lowest BCUT2D eigenvalue weighted by Crippen LogP contribution is -2.20. The van der Waals surface area contributed by atoms with E-state index in [0.29, 0.717) is 27.9 Å². The number of nitrogens with one attached hydrogen (secondary N) is 2. The van der Waals surface area contributed by atoms with E-state index in [9.17, 15) is 13.2 Å². The number of halogens is 1. The Morgan fingerprint density at radius 3 is 2.39 bits per heavy atom. The zero-order valence-electron chi connectivity index (χ0n) is 16.9. The third-order valence-corrected chi connectivity index (χ3v) is 5.90. The highest BCUT2D eigenvalue weighted by Gasteiger charge is 2.14. The van der Waals surface area contributed by atoms with Crippen LogP contribution in [0.15, 0.2) is 71.6 Å². The Morgan fingerprint density at radius 1 is 1.00 bits per heavy atom. The molecule has 3 aromatic rings. The second kappa shape index (κ2) is 9.72. The number of ether oxygens (including phenoxy) is 2. The number of rotatable bonds is 8. The molecule has 2 N–H and O–H groups in total. The van der Waals surface area contributed by atoms with Crippen molar-refractivity contribution in [2.24, 2.45) is 0 Å². The van der Waals surface area contributed by atoms with Crippen molar-refractivity contribution in [2.75, 3.05) is 23.8 Å². The summed E-state index contributed by atoms with van der Waals surface area (Å²) in [6.07, 6.45) is 0. The summed E-state index contributed by atoms with van der Waals surface area (Å²) in [6, 6.07) is 17.7. The number of carbonyl (C=O) groups is 1. The summed E-state index contributed by atoms with van der Waals surface area (Å²) in [5, 5.41) is 3.03. The first-order chi connectivity index (χ1) is 14.8. The minimum absolute atomic E-state index is 0.0821. The van der Waals surface area contributed by atoms with Gasteiger partial charge in [0.05, 0.1) is 17.0 Å². The van der Waals surface area contributed by atoms with E-state index in [1.54, 1.807) is 36.4 Å². The van der Waals surface area contributed by atoms with Gasteiger partial charge >= 0.3 is 0 Å². The number of aryl methyl sites for hydroxylation is 1. The van der Waals surface area contributed by atoms with Crippen molar-refractivity contribution < 1.29 is 22.7 Å². The van der Waals surface area contributed by atoms with E-state index in [4.69, 9.17) is 21.1 Å². The molecular formula is C22H21ClN2O5S. The summed E-state index contributed by atoms with van der Waals surface area (Å²) < 4.78 is 38.1. The van der Waals surface area contributed by atoms with Crippen LogP contribution in [-0.2, 0) is 14.8 Å². The van der Waals surface area contributed by atoms with E-state index in [0.717, 1.165) is 5.56 Å². The number of hydrogen-bond acceptors (Lipinski definition) is 5. The number of amides is 1. The fourth-order valence-electron chi connectivity index (χ4n) is 2.73. The van der Waals surface area contributed by atoms with Gasteiger partial charge in [-0.25, -0.2) is 8.42 Å². The molecule has 0 aromatic heterocycles. The summed E-state index contributed by atoms with van der Waals surface area (Å²) in [4.78, 5) is 12.2. The molecule has 1 amide bonds. The van der Waals surface area contributed by atoms with Crippen molar-refractivity contribution in [1.29, 1.82) is 0 Å². The molecular weight excluding hydrogens is 440 g/mol. The maximum absolute atomic E-state index is 12.5. The van der Waals surface area contributed by atoms with Crippen LogP contribution in [0.2, 0.25) is 5.02 Å². The van der Waals surface area contributed by atoms with Gasteiger partial charge in [0.25, 0.3) is 15.9 Å². The van der Waals surface area contributed by atoms with Crippen LogP contribution in [0.4, 0.5) is 11.4 Å². The standard InChI is InChI=1S/C22H21ClN2O5S/c1-15-4-3-5-17(12-15)25-31(27,28)19-9-7-18(8-10-19)30-14-22(26)24-16-6-11-21(29-2)20(23)13-16/h3-13,25H,14H2,1-2H3,(H,24,26). The van der Waals surface area contributed by atoms with E-state index in [-0.39, 0.29) is 17.4 Å². The molecule has 0 saturated carbocycles. The summed E-state index contributed by atoms with van der Waals surface area (Å²) in [5.41, 5.74) is 1.93. The summed E-state index contributed by atoms with van der Waals surface area (Å²) in [5.74, 6) is 0.472. The van der Waals surface area contributed by atoms with Crippen LogP contribution in [-0.4, -0.2) is 28.0 Å². The number of sulfonamides is 1. The maximum Gasteiger partial charge on any atom is 0.262 e. The van der Waals surface area contributed by atoms with Crippen molar-refractivity contribution in [3.05, 3.63) is 77.3 Å². The average molecular weight is 461 g/mol. The number of hydrogen-bond donors (Lipinski definition) is 2. The van der Waals surface area contributed by atoms with Crippen molar-refractivity contribution in [3.63, 3.8) is 0 Å². The summed E-state index contributed by atoms with van der Waals surface area (Å²) >= 11 is 6.03. The SMILES string of the molecule is COc1ccc(NC(=O)COc2ccc(S(=O)(=O)Nc3cccc(C)c3)cc2)cc1Cl. The fourth-order valence-corrected chi connectivity index (χ4v) is 4.03. The van der Waals surface area contributed by atoms with Crippen LogP contribution >= 0.6 is 11.6 Å². The van der Waals surface area contributed by atoms with Gasteiger partial charge in [-0.3, -0.25) is 9.52 Å². The Morgan fingerprint density at radius 2 is 1.74 bits per heavy atom. The lowest BCUT2D eigenvalue weighted by molar-refractivity contribution is -0.118. The Balaban J connectivity index is 1.57. The molecule has 3 rings (SSSR count). The molecule has 0 unspecified atom stereocenters. The summed E-state index contributed by atoms with van der Waals surface area (Å²) in [6.45, 7) is 1.63. The molecule has 0 aliphatic carbocycles. The predicted molar refractivity (Wildman–Crippen MR) is 121 cm³/mol. The van der Waals surface area contributed by atoms with Gasteiger partial charge in [-0.1, -0.05) is 23.7 Å². The van der Waals surface area contributed by atoms with Crippen molar-refractivity contribution in [3.8, 4) is 11.5 Å². The van der Waals surface area contributed by atoms with Gasteiger partial charge in [-0.05, 0) is 67.1 Å². The molecule has 9 heteroatoms. The van der Waals surface area contributed by atoms with Crippen LogP contribution in [0.5, 0.6) is 11.5 Å². The van der Waals surface area contributed by atoms with Gasteiger partial charge in [0.15, 0.2) is 6.61 Å². The normalized spacial score (nSPS) is 10.9. The van der Waals surface area contributed by atoms with E-state index in [1.165, 1.54) is 31.4 Å². The number of methoxy groups -OCH3 is 1. The molecule has 0 fully saturated rings. The molecule has 31 heavy (non-hydrogen) atoms. The van der Waals surface area contributed by atoms with Gasteiger partial charge in [-0.2, -0.15) is 0 Å². The molecule has 0 atom stereocenters. The molecule has 0 radical (unpaired) electrons. The number of carbonyl (C=O) groups excluding carboxylic acids is 1. The van der Waals surface area contributed by atoms with Crippen LogP contribution in [0.3, 0.4) is 0 Å². The van der Waals surface area contributed by atoms with Crippen LogP contribution in [0.25, 0.3) is 0 Å². The fraction of sp³-hybridized carbons (Fsp3) is 0.136. The second-order valence-electron chi connectivity index (χ2n) is 6.63. The van der Waals surface area contributed by atoms with Gasteiger partial charge in [0, 0.05) is 11.4 Å². The van der Waals surface area contributed by atoms with Gasteiger partial charge in [0.2, 0.25) is 0 Å². The lowest BCUT2D eigenvalue weighted by atomic mass is 10.2. The Bertz CT molecular complexity index is 1180. The van der Waals surface area contributed by atoms with Crippen LogP contribution in [0.1, 0.15) is 5.56 Å². The zero-order valence-corrected chi connectivity index (χ0v) is 18.5. The zero-order chi connectivity index (χ0) is 22.4. The highest BCUT2D eigenvalue weighted by Crippen LogP contribution is 2.27. The average Bonchev–Trinajstić information content (AvgIpc) is 2.72. The van der Waals surface area contributed by atoms with E-state index < -0.39 is 10.0 Å². The maximum atomic E-state index is 12.5. The first kappa shape index (κ1) is 22.5. The minimum atomic E-state index is -3.74. The van der Waals surface area contributed by atoms with Crippen LogP contribution < -0.4 is 19.5 Å². The van der Waals surface area contributed by atoms with E-state index >= 15 is 0 Å². The Labute approximate surface area is 186 Å². The quantitative estimate of drug-likeness (QED) is 0.517. The van der Waals surface area contributed by atoms with Crippen molar-refractivity contribution in [2.45, 2.75) is 11.8 Å². The highest BCUT2D eigenvalue weighted by molar-refractivity contribution is 7.92. The molecule has 0 bridgehead atoms. The molecule has 7 nitrogen and oxygen atoms in total. The Kier molecular flexibility index (Phi) is 7.04. The van der Waals surface area contributed by atoms with Crippen molar-refractivity contribution >= 4 is 38.9 Å². The van der Waals surface area contributed by atoms with Crippen LogP contribution in [0, 0.1) is 6.92 Å². The molecule has 0 saturated heterocycles. The number of benzene rings is 3. The predicted octanol–water partition coefficient (Wildman–Crippen LogP) is 4.48. The van der Waals surface area contributed by atoms with Gasteiger partial charge in [-0.15, -0.1) is 0 Å². The molecule has 3 aromatic carbocycles. The summed E-state index contributed by atoms with van der Waals surface area (Å²) in [7, 11) is -2.23. The Hall–Kier alpha value is -3.23. The number of anilines is 2. The monoisotopic (exact) mass is 460 g/mol. The van der Waals surface area contributed by atoms with Crippen molar-refractivity contribution in [1.82, 2.24) is 0 Å². The second-order valence-corrected chi connectivity index (χ2v) is 8.72. The third kappa shape index (κ3) is 6.13. The first-order valence-corrected chi connectivity index (χ1v) is 11.1. The first-order valence-electron chi connectivity index (χ1n) is 9.22. The largest absolute Gasteiger partial charge is 0.495 e. The highest BCUT2D eigenvalue weighted by atomic mass is 35.5. The van der Waals surface area contributed by atoms with Gasteiger partial charge < -0.3 is 14.8 Å². The molecule has 0 aliphatic rings. The molecule has 0 heterocycles. The topological polar surface area (TPSA) is 93.7 Å². The third-order valence-electron chi connectivity index (χ3n) is 4.21. The van der Waals surface area contributed by atoms with E-state index in [2.05, 4.69) is 10.0 Å². The van der Waals surface area contributed by atoms with E-state index in [1.807, 2.05) is 13.0 Å². The minimum Gasteiger partial charge on any atom is -0.495 e. The molecule has 0 aliphatic heterocycles. The molecule has 162 valence electrons.